The summed E-state index contributed by atoms with van der Waals surface area (Å²) in [6, 6.07) is 16.3. The zero-order valence-electron chi connectivity index (χ0n) is 13.4. The lowest BCUT2D eigenvalue weighted by Crippen LogP contribution is -2.62. The number of hydrogen-bond donors (Lipinski definition) is 1. The molecule has 124 valence electrons. The first kappa shape index (κ1) is 15.5. The van der Waals surface area contributed by atoms with E-state index >= 15 is 0 Å². The summed E-state index contributed by atoms with van der Waals surface area (Å²) in [5.74, 6) is 0. The van der Waals surface area contributed by atoms with Crippen LogP contribution in [0.15, 0.2) is 48.5 Å². The van der Waals surface area contributed by atoms with Gasteiger partial charge < -0.3 is 10.2 Å². The Labute approximate surface area is 147 Å². The zero-order chi connectivity index (χ0) is 16.5. The van der Waals surface area contributed by atoms with E-state index in [-0.39, 0.29) is 6.03 Å². The summed E-state index contributed by atoms with van der Waals surface area (Å²) in [6.07, 6.45) is 1.10. The van der Waals surface area contributed by atoms with Crippen LogP contribution in [-0.4, -0.2) is 41.5 Å². The van der Waals surface area contributed by atoms with Crippen LogP contribution in [0.1, 0.15) is 11.1 Å². The Bertz CT molecular complexity index is 758. The largest absolute Gasteiger partial charge is 0.321 e. The number of nitrogens with zero attached hydrogens (tertiary/aromatic N) is 2. The second-order valence-corrected chi connectivity index (χ2v) is 6.92. The molecule has 24 heavy (non-hydrogen) atoms. The third-order valence-corrected chi connectivity index (χ3v) is 5.14. The van der Waals surface area contributed by atoms with E-state index in [1.54, 1.807) is 12.1 Å². The number of amides is 2. The number of anilines is 1. The topological polar surface area (TPSA) is 35.6 Å². The van der Waals surface area contributed by atoms with E-state index in [4.69, 9.17) is 11.6 Å². The van der Waals surface area contributed by atoms with E-state index in [0.717, 1.165) is 38.3 Å². The SMILES string of the molecule is O=C(Nc1cccc(Cl)c1)N1CC(N2CCc3ccccc3C2)C1. The highest BCUT2D eigenvalue weighted by atomic mass is 35.5. The van der Waals surface area contributed by atoms with Gasteiger partial charge in [-0.05, 0) is 35.7 Å². The number of fused-ring (bicyclic) bond motifs is 1. The monoisotopic (exact) mass is 341 g/mol. The molecule has 1 saturated heterocycles. The molecule has 4 rings (SSSR count). The van der Waals surface area contributed by atoms with Crippen molar-refractivity contribution in [2.24, 2.45) is 0 Å². The maximum Gasteiger partial charge on any atom is 0.321 e. The van der Waals surface area contributed by atoms with Gasteiger partial charge in [-0.25, -0.2) is 4.79 Å². The van der Waals surface area contributed by atoms with Crippen molar-refractivity contribution in [3.63, 3.8) is 0 Å². The predicted molar refractivity (Wildman–Crippen MR) is 96.4 cm³/mol. The summed E-state index contributed by atoms with van der Waals surface area (Å²) in [5, 5.41) is 3.53. The fourth-order valence-corrected chi connectivity index (χ4v) is 3.64. The maximum absolute atomic E-state index is 12.3. The fraction of sp³-hybridized carbons (Fsp3) is 0.316. The van der Waals surface area contributed by atoms with Crippen molar-refractivity contribution < 1.29 is 4.79 Å². The first-order chi connectivity index (χ1) is 11.7. The van der Waals surface area contributed by atoms with Crippen LogP contribution in [0.25, 0.3) is 0 Å². The van der Waals surface area contributed by atoms with Crippen molar-refractivity contribution in [1.29, 1.82) is 0 Å². The van der Waals surface area contributed by atoms with Gasteiger partial charge in [-0.1, -0.05) is 41.9 Å². The molecule has 2 aliphatic rings. The first-order valence-corrected chi connectivity index (χ1v) is 8.69. The van der Waals surface area contributed by atoms with Gasteiger partial charge in [-0.15, -0.1) is 0 Å². The average Bonchev–Trinajstić information content (AvgIpc) is 2.53. The number of hydrogen-bond acceptors (Lipinski definition) is 2. The summed E-state index contributed by atoms with van der Waals surface area (Å²) in [7, 11) is 0. The molecule has 0 saturated carbocycles. The van der Waals surface area contributed by atoms with E-state index in [0.29, 0.717) is 11.1 Å². The van der Waals surface area contributed by atoms with Gasteiger partial charge in [0.1, 0.15) is 0 Å². The minimum absolute atomic E-state index is 0.0501. The molecule has 2 aromatic carbocycles. The predicted octanol–water partition coefficient (Wildman–Crippen LogP) is 3.61. The standard InChI is InChI=1S/C19H20ClN3O/c20-16-6-3-7-17(10-16)21-19(24)23-12-18(13-23)22-9-8-14-4-1-2-5-15(14)11-22/h1-7,10,18H,8-9,11-13H2,(H,21,24). The van der Waals surface area contributed by atoms with Crippen molar-refractivity contribution in [2.45, 2.75) is 19.0 Å². The third kappa shape index (κ3) is 3.12. The number of likely N-dealkylation sites (tertiary alicyclic amines) is 1. The Morgan fingerprint density at radius 2 is 1.88 bits per heavy atom. The molecule has 0 spiro atoms. The smallest absolute Gasteiger partial charge is 0.321 e. The van der Waals surface area contributed by atoms with Gasteiger partial charge in [0.2, 0.25) is 0 Å². The van der Waals surface area contributed by atoms with E-state index in [1.807, 2.05) is 17.0 Å². The Morgan fingerprint density at radius 3 is 2.67 bits per heavy atom. The van der Waals surface area contributed by atoms with E-state index in [1.165, 1.54) is 11.1 Å². The van der Waals surface area contributed by atoms with Crippen molar-refractivity contribution in [3.05, 3.63) is 64.7 Å². The number of carbonyl (C=O) groups is 1. The Morgan fingerprint density at radius 1 is 1.08 bits per heavy atom. The van der Waals surface area contributed by atoms with Crippen LogP contribution in [-0.2, 0) is 13.0 Å². The second kappa shape index (κ2) is 6.46. The molecule has 4 nitrogen and oxygen atoms in total. The van der Waals surface area contributed by atoms with Gasteiger partial charge in [-0.3, -0.25) is 4.90 Å². The number of halogens is 1. The molecule has 0 radical (unpaired) electrons. The van der Waals surface area contributed by atoms with Crippen molar-refractivity contribution in [2.75, 3.05) is 25.0 Å². The highest BCUT2D eigenvalue weighted by Gasteiger charge is 2.35. The molecule has 1 N–H and O–H groups in total. The summed E-state index contributed by atoms with van der Waals surface area (Å²) in [6.45, 7) is 3.64. The van der Waals surface area contributed by atoms with Crippen LogP contribution in [0.2, 0.25) is 5.02 Å². The number of rotatable bonds is 2. The van der Waals surface area contributed by atoms with Crippen LogP contribution >= 0.6 is 11.6 Å². The number of nitrogens with one attached hydrogen (secondary N) is 1. The van der Waals surface area contributed by atoms with Gasteiger partial charge in [0.15, 0.2) is 0 Å². The minimum atomic E-state index is -0.0501. The Hall–Kier alpha value is -2.04. The Kier molecular flexibility index (Phi) is 4.17. The van der Waals surface area contributed by atoms with Crippen molar-refractivity contribution >= 4 is 23.3 Å². The quantitative estimate of drug-likeness (QED) is 0.905. The maximum atomic E-state index is 12.3. The molecular formula is C19H20ClN3O. The molecule has 2 amide bonds. The number of carbonyl (C=O) groups excluding carboxylic acids is 1. The molecule has 2 heterocycles. The molecule has 0 atom stereocenters. The van der Waals surface area contributed by atoms with Gasteiger partial charge in [0.05, 0.1) is 0 Å². The first-order valence-electron chi connectivity index (χ1n) is 8.31. The second-order valence-electron chi connectivity index (χ2n) is 6.49. The lowest BCUT2D eigenvalue weighted by Gasteiger charge is -2.46. The zero-order valence-corrected chi connectivity index (χ0v) is 14.2. The molecular weight excluding hydrogens is 322 g/mol. The lowest BCUT2D eigenvalue weighted by atomic mass is 9.97. The van der Waals surface area contributed by atoms with Gasteiger partial charge >= 0.3 is 6.03 Å². The fourth-order valence-electron chi connectivity index (χ4n) is 3.45. The lowest BCUT2D eigenvalue weighted by molar-refractivity contribution is 0.0528. The third-order valence-electron chi connectivity index (χ3n) is 4.90. The van der Waals surface area contributed by atoms with Crippen LogP contribution in [0, 0.1) is 0 Å². The van der Waals surface area contributed by atoms with Crippen LogP contribution in [0.3, 0.4) is 0 Å². The molecule has 2 aliphatic heterocycles. The Balaban J connectivity index is 1.31. The number of benzene rings is 2. The van der Waals surface area contributed by atoms with Crippen LogP contribution in [0.5, 0.6) is 0 Å². The molecule has 0 unspecified atom stereocenters. The number of urea groups is 1. The summed E-state index contributed by atoms with van der Waals surface area (Å²) < 4.78 is 0. The van der Waals surface area contributed by atoms with Crippen LogP contribution in [0.4, 0.5) is 10.5 Å². The van der Waals surface area contributed by atoms with Crippen LogP contribution < -0.4 is 5.32 Å². The van der Waals surface area contributed by atoms with Gasteiger partial charge in [-0.2, -0.15) is 0 Å². The molecule has 2 aromatic rings. The summed E-state index contributed by atoms with van der Waals surface area (Å²) >= 11 is 5.95. The highest BCUT2D eigenvalue weighted by molar-refractivity contribution is 6.30. The average molecular weight is 342 g/mol. The van der Waals surface area contributed by atoms with Gasteiger partial charge in [0, 0.05) is 42.9 Å². The minimum Gasteiger partial charge on any atom is -0.321 e. The van der Waals surface area contributed by atoms with Gasteiger partial charge in [0.25, 0.3) is 0 Å². The molecule has 0 aliphatic carbocycles. The van der Waals surface area contributed by atoms with Crippen molar-refractivity contribution in [1.82, 2.24) is 9.80 Å². The molecule has 1 fully saturated rings. The normalized spacial score (nSPS) is 18.0. The molecule has 5 heteroatoms. The van der Waals surface area contributed by atoms with E-state index in [9.17, 15) is 4.79 Å². The van der Waals surface area contributed by atoms with E-state index < -0.39 is 0 Å². The summed E-state index contributed by atoms with van der Waals surface area (Å²) in [4.78, 5) is 16.6. The van der Waals surface area contributed by atoms with Crippen molar-refractivity contribution in [3.8, 4) is 0 Å². The molecule has 0 bridgehead atoms. The summed E-state index contributed by atoms with van der Waals surface area (Å²) in [5.41, 5.74) is 3.62. The van der Waals surface area contributed by atoms with E-state index in [2.05, 4.69) is 34.5 Å². The highest BCUT2D eigenvalue weighted by Crippen LogP contribution is 2.25. The molecule has 0 aromatic heterocycles.